The minimum absolute atomic E-state index is 0.0387. The Morgan fingerprint density at radius 3 is 1.76 bits per heavy atom. The first-order valence-corrected chi connectivity index (χ1v) is 6.40. The molecule has 1 aromatic carbocycles. The van der Waals surface area contributed by atoms with Gasteiger partial charge in [-0.25, -0.2) is 22.0 Å². The van der Waals surface area contributed by atoms with E-state index < -0.39 is 46.6 Å². The quantitative estimate of drug-likeness (QED) is 0.501. The minimum atomic E-state index is -2.26. The van der Waals surface area contributed by atoms with E-state index in [0.717, 1.165) is 0 Å². The van der Waals surface area contributed by atoms with Crippen LogP contribution in [0.5, 0.6) is 0 Å². The Kier molecular flexibility index (Phi) is 4.46. The average Bonchev–Trinajstić information content (AvgIpc) is 2.48. The van der Waals surface area contributed by atoms with Gasteiger partial charge in [0.05, 0.1) is 0 Å². The van der Waals surface area contributed by atoms with E-state index in [2.05, 4.69) is 0 Å². The molecule has 2 rings (SSSR count). The molecule has 0 aliphatic heterocycles. The van der Waals surface area contributed by atoms with Gasteiger partial charge < -0.3 is 11.1 Å². The number of hydrogen-bond acceptors (Lipinski definition) is 2. The number of rotatable bonds is 2. The number of nitrogens with two attached hydrogens (primary N) is 1. The Labute approximate surface area is 117 Å². The van der Waals surface area contributed by atoms with Gasteiger partial charge in [-0.2, -0.15) is 0 Å². The molecule has 3 N–H and O–H groups in total. The average molecular weight is 308 g/mol. The van der Waals surface area contributed by atoms with E-state index in [1.807, 2.05) is 0 Å². The van der Waals surface area contributed by atoms with E-state index >= 15 is 0 Å². The van der Waals surface area contributed by atoms with Gasteiger partial charge >= 0.3 is 0 Å². The second-order valence-electron chi connectivity index (χ2n) is 5.05. The monoisotopic (exact) mass is 308 g/mol. The lowest BCUT2D eigenvalue weighted by Gasteiger charge is -2.25. The topological polar surface area (TPSA) is 55.1 Å². The molecule has 8 heteroatoms. The fraction of sp³-hybridized carbons (Fsp3) is 0.462. The smallest absolute Gasteiger partial charge is 0.227 e. The molecule has 0 bridgehead atoms. The summed E-state index contributed by atoms with van der Waals surface area (Å²) in [5, 5.41) is 1.80. The first-order chi connectivity index (χ1) is 9.82. The first kappa shape index (κ1) is 15.7. The third-order valence-corrected chi connectivity index (χ3v) is 3.60. The fourth-order valence-corrected chi connectivity index (χ4v) is 2.32. The zero-order valence-electron chi connectivity index (χ0n) is 10.9. The van der Waals surface area contributed by atoms with Gasteiger partial charge in [-0.1, -0.05) is 0 Å². The third-order valence-electron chi connectivity index (χ3n) is 3.60. The Hall–Kier alpha value is -1.70. The summed E-state index contributed by atoms with van der Waals surface area (Å²) < 4.78 is 65.8. The van der Waals surface area contributed by atoms with Crippen LogP contribution in [0.2, 0.25) is 0 Å². The fourth-order valence-electron chi connectivity index (χ4n) is 2.32. The van der Waals surface area contributed by atoms with Crippen molar-refractivity contribution in [1.29, 1.82) is 0 Å². The molecule has 0 atom stereocenters. The lowest BCUT2D eigenvalue weighted by Crippen LogP contribution is -2.33. The highest BCUT2D eigenvalue weighted by atomic mass is 19.2. The van der Waals surface area contributed by atoms with Gasteiger partial charge in [0.15, 0.2) is 23.3 Å². The molecule has 116 valence electrons. The van der Waals surface area contributed by atoms with Crippen LogP contribution in [0.25, 0.3) is 0 Å². The third kappa shape index (κ3) is 2.99. The van der Waals surface area contributed by atoms with Crippen molar-refractivity contribution in [3.8, 4) is 0 Å². The van der Waals surface area contributed by atoms with Crippen LogP contribution >= 0.6 is 0 Å². The summed E-state index contributed by atoms with van der Waals surface area (Å²) in [7, 11) is 0. The molecule has 0 radical (unpaired) electrons. The van der Waals surface area contributed by atoms with Crippen molar-refractivity contribution >= 4 is 11.6 Å². The van der Waals surface area contributed by atoms with Gasteiger partial charge in [0, 0.05) is 12.0 Å². The number of nitrogens with one attached hydrogen (secondary N) is 1. The van der Waals surface area contributed by atoms with E-state index in [9.17, 15) is 26.7 Å². The van der Waals surface area contributed by atoms with Gasteiger partial charge in [-0.15, -0.1) is 0 Å². The summed E-state index contributed by atoms with van der Waals surface area (Å²) in [4.78, 5) is 11.9. The number of carbonyl (C=O) groups excluding carboxylic acids is 1. The van der Waals surface area contributed by atoms with Gasteiger partial charge in [-0.05, 0) is 25.7 Å². The number of carbonyl (C=O) groups is 1. The first-order valence-electron chi connectivity index (χ1n) is 6.40. The molecule has 0 aromatic heterocycles. The second-order valence-corrected chi connectivity index (χ2v) is 5.05. The highest BCUT2D eigenvalue weighted by molar-refractivity contribution is 5.92. The molecule has 1 saturated carbocycles. The molecule has 0 saturated heterocycles. The molecule has 1 amide bonds. The van der Waals surface area contributed by atoms with Crippen LogP contribution in [0, 0.1) is 35.0 Å². The van der Waals surface area contributed by atoms with E-state index in [1.54, 1.807) is 5.32 Å². The van der Waals surface area contributed by atoms with Gasteiger partial charge in [-0.3, -0.25) is 4.79 Å². The number of hydrogen-bond donors (Lipinski definition) is 2. The highest BCUT2D eigenvalue weighted by Crippen LogP contribution is 2.29. The molecular weight excluding hydrogens is 295 g/mol. The zero-order valence-corrected chi connectivity index (χ0v) is 10.9. The minimum Gasteiger partial charge on any atom is -0.328 e. The van der Waals surface area contributed by atoms with Crippen molar-refractivity contribution in [1.82, 2.24) is 0 Å². The maximum absolute atomic E-state index is 13.4. The van der Waals surface area contributed by atoms with E-state index in [-0.39, 0.29) is 6.04 Å². The van der Waals surface area contributed by atoms with Gasteiger partial charge in [0.25, 0.3) is 0 Å². The van der Waals surface area contributed by atoms with Crippen molar-refractivity contribution in [3.63, 3.8) is 0 Å². The van der Waals surface area contributed by atoms with Crippen LogP contribution in [-0.4, -0.2) is 11.9 Å². The predicted molar refractivity (Wildman–Crippen MR) is 64.8 cm³/mol. The zero-order chi connectivity index (χ0) is 15.7. The largest absolute Gasteiger partial charge is 0.328 e. The Morgan fingerprint density at radius 1 is 0.857 bits per heavy atom. The Morgan fingerprint density at radius 2 is 1.29 bits per heavy atom. The number of anilines is 1. The van der Waals surface area contributed by atoms with Crippen LogP contribution in [0.4, 0.5) is 27.6 Å². The SMILES string of the molecule is NC1CCC(C(=O)Nc2c(F)c(F)c(F)c(F)c2F)CC1. The van der Waals surface area contributed by atoms with E-state index in [4.69, 9.17) is 5.73 Å². The molecule has 3 nitrogen and oxygen atoms in total. The summed E-state index contributed by atoms with van der Waals surface area (Å²) in [6.07, 6.45) is 1.94. The lowest BCUT2D eigenvalue weighted by atomic mass is 9.86. The van der Waals surface area contributed by atoms with E-state index in [1.165, 1.54) is 0 Å². The molecule has 1 aliphatic carbocycles. The van der Waals surface area contributed by atoms with Crippen molar-refractivity contribution in [2.24, 2.45) is 11.7 Å². The maximum atomic E-state index is 13.4. The molecular formula is C13H13F5N2O. The molecule has 1 aromatic rings. The summed E-state index contributed by atoms with van der Waals surface area (Å²) in [6, 6.07) is -0.0387. The number of amides is 1. The number of halogens is 5. The molecule has 0 unspecified atom stereocenters. The van der Waals surface area contributed by atoms with E-state index in [0.29, 0.717) is 25.7 Å². The van der Waals surface area contributed by atoms with Crippen molar-refractivity contribution in [2.45, 2.75) is 31.7 Å². The summed E-state index contributed by atoms with van der Waals surface area (Å²) in [5.74, 6) is -11.9. The van der Waals surface area contributed by atoms with Crippen molar-refractivity contribution < 1.29 is 26.7 Å². The second kappa shape index (κ2) is 5.97. The van der Waals surface area contributed by atoms with Crippen molar-refractivity contribution in [3.05, 3.63) is 29.1 Å². The summed E-state index contributed by atoms with van der Waals surface area (Å²) in [6.45, 7) is 0. The normalized spacial score (nSPS) is 22.2. The van der Waals surface area contributed by atoms with Crippen LogP contribution in [-0.2, 0) is 4.79 Å². The number of benzene rings is 1. The van der Waals surface area contributed by atoms with Gasteiger partial charge in [0.2, 0.25) is 11.7 Å². The molecule has 1 fully saturated rings. The van der Waals surface area contributed by atoms with Crippen LogP contribution in [0.1, 0.15) is 25.7 Å². The molecule has 1 aliphatic rings. The van der Waals surface area contributed by atoms with Crippen molar-refractivity contribution in [2.75, 3.05) is 5.32 Å². The molecule has 0 heterocycles. The van der Waals surface area contributed by atoms with Gasteiger partial charge in [0.1, 0.15) is 5.69 Å². The van der Waals surface area contributed by atoms with Crippen LogP contribution < -0.4 is 11.1 Å². The maximum Gasteiger partial charge on any atom is 0.227 e. The molecule has 0 spiro atoms. The highest BCUT2D eigenvalue weighted by Gasteiger charge is 2.30. The molecule has 21 heavy (non-hydrogen) atoms. The summed E-state index contributed by atoms with van der Waals surface area (Å²) >= 11 is 0. The lowest BCUT2D eigenvalue weighted by molar-refractivity contribution is -0.120. The van der Waals surface area contributed by atoms with Crippen LogP contribution in [0.3, 0.4) is 0 Å². The standard InChI is InChI=1S/C13H13F5N2O/c14-7-8(15)10(17)12(11(18)9(7)16)20-13(21)5-1-3-6(19)4-2-5/h5-6H,1-4,19H2,(H,20,21). The summed E-state index contributed by atoms with van der Waals surface area (Å²) in [5.41, 5.74) is 4.35. The Balaban J connectivity index is 2.22. The predicted octanol–water partition coefficient (Wildman–Crippen LogP) is 2.84. The van der Waals surface area contributed by atoms with Crippen LogP contribution in [0.15, 0.2) is 0 Å². The Bertz CT molecular complexity index is 541.